The van der Waals surface area contributed by atoms with E-state index in [1.807, 2.05) is 0 Å². The minimum absolute atomic E-state index is 0.255. The van der Waals surface area contributed by atoms with Gasteiger partial charge < -0.3 is 17.1 Å². The van der Waals surface area contributed by atoms with Gasteiger partial charge in [0.2, 0.25) is 9.05 Å². The van der Waals surface area contributed by atoms with Crippen molar-refractivity contribution in [2.75, 3.05) is 0 Å². The highest BCUT2D eigenvalue weighted by Gasteiger charge is 2.34. The van der Waals surface area contributed by atoms with E-state index in [0.29, 0.717) is 0 Å². The normalized spacial score (nSPS) is 13.2. The molecule has 132 valence electrons. The molecule has 13 heteroatoms. The van der Waals surface area contributed by atoms with Crippen LogP contribution in [-0.4, -0.2) is 23.8 Å². The fourth-order valence-electron chi connectivity index (χ4n) is 2.37. The fourth-order valence-corrected chi connectivity index (χ4v) is 3.92. The summed E-state index contributed by atoms with van der Waals surface area (Å²) in [5.74, 6) is -1.89. The van der Waals surface area contributed by atoms with E-state index in [1.54, 1.807) is 0 Å². The summed E-state index contributed by atoms with van der Waals surface area (Å²) in [4.78, 5) is 0. The van der Waals surface area contributed by atoms with Crippen LogP contribution in [0.1, 0.15) is 22.3 Å². The average Bonchev–Trinajstić information content (AvgIpc) is 2.26. The third-order valence-electron chi connectivity index (χ3n) is 3.22. The van der Waals surface area contributed by atoms with Crippen LogP contribution >= 0.6 is 10.7 Å². The standard InChI is InChI=1S/C10H11BClF4O5S2/c1-5-8(4-22(12,17)18)6(2)10(21-23(16,19)20)7(3)9(5)11(13,14)15/h4H2,1-3H3/q-1. The third kappa shape index (κ3) is 4.98. The molecule has 0 amide bonds. The van der Waals surface area contributed by atoms with Crippen LogP contribution in [0.4, 0.5) is 16.8 Å². The number of rotatable bonds is 5. The van der Waals surface area contributed by atoms with Crippen LogP contribution in [0.25, 0.3) is 0 Å². The first-order valence-electron chi connectivity index (χ1n) is 5.93. The van der Waals surface area contributed by atoms with Gasteiger partial charge in [-0.2, -0.15) is 8.42 Å². The van der Waals surface area contributed by atoms with Gasteiger partial charge >= 0.3 is 17.5 Å². The maximum atomic E-state index is 13.2. The molecule has 0 atom stereocenters. The molecule has 0 heterocycles. The molecule has 0 N–H and O–H groups in total. The van der Waals surface area contributed by atoms with Crippen LogP contribution in [0.2, 0.25) is 0 Å². The second kappa shape index (κ2) is 6.13. The molecule has 1 rings (SSSR count). The first-order chi connectivity index (χ1) is 10.0. The summed E-state index contributed by atoms with van der Waals surface area (Å²) in [5.41, 5.74) is -2.97. The Morgan fingerprint density at radius 1 is 1.00 bits per heavy atom. The maximum absolute atomic E-state index is 13.2. The van der Waals surface area contributed by atoms with Crippen LogP contribution in [-0.2, 0) is 25.3 Å². The Bertz CT molecular complexity index is 788. The van der Waals surface area contributed by atoms with Crippen molar-refractivity contribution in [1.82, 2.24) is 0 Å². The lowest BCUT2D eigenvalue weighted by Gasteiger charge is -2.26. The summed E-state index contributed by atoms with van der Waals surface area (Å²) in [6.45, 7) is -2.59. The fraction of sp³-hybridized carbons (Fsp3) is 0.400. The third-order valence-corrected chi connectivity index (χ3v) is 4.55. The van der Waals surface area contributed by atoms with Crippen molar-refractivity contribution in [1.29, 1.82) is 0 Å². The van der Waals surface area contributed by atoms with E-state index in [9.17, 15) is 33.7 Å². The van der Waals surface area contributed by atoms with Crippen LogP contribution in [0.5, 0.6) is 5.75 Å². The van der Waals surface area contributed by atoms with E-state index < -0.39 is 60.2 Å². The number of hydrogen-bond donors (Lipinski definition) is 0. The molecule has 0 aliphatic rings. The van der Waals surface area contributed by atoms with E-state index in [1.165, 1.54) is 0 Å². The highest BCUT2D eigenvalue weighted by atomic mass is 35.7. The Hall–Kier alpha value is -1.01. The van der Waals surface area contributed by atoms with Gasteiger partial charge in [-0.3, -0.25) is 0 Å². The summed E-state index contributed by atoms with van der Waals surface area (Å²) in [6, 6.07) is 0. The molecule has 0 spiro atoms. The smallest absolute Gasteiger partial charge is 0.445 e. The van der Waals surface area contributed by atoms with Gasteiger partial charge in [-0.05, 0) is 37.5 Å². The van der Waals surface area contributed by atoms with Gasteiger partial charge in [0.1, 0.15) is 5.75 Å². The minimum Gasteiger partial charge on any atom is -0.445 e. The summed E-state index contributed by atoms with van der Waals surface area (Å²) < 4.78 is 100. The van der Waals surface area contributed by atoms with Gasteiger partial charge in [-0.1, -0.05) is 14.9 Å². The first kappa shape index (κ1) is 20.0. The van der Waals surface area contributed by atoms with Crippen LogP contribution in [0.15, 0.2) is 0 Å². The van der Waals surface area contributed by atoms with Gasteiger partial charge in [0.15, 0.2) is 0 Å². The van der Waals surface area contributed by atoms with Crippen molar-refractivity contribution in [3.8, 4) is 5.75 Å². The van der Waals surface area contributed by atoms with E-state index in [4.69, 9.17) is 10.7 Å². The van der Waals surface area contributed by atoms with Crippen molar-refractivity contribution >= 4 is 42.7 Å². The van der Waals surface area contributed by atoms with Crippen LogP contribution < -0.4 is 9.65 Å². The second-order valence-corrected chi connectivity index (χ2v) is 8.56. The zero-order valence-electron chi connectivity index (χ0n) is 12.0. The molecule has 1 aromatic carbocycles. The monoisotopic (exact) mass is 397 g/mol. The molecule has 5 nitrogen and oxygen atoms in total. The number of hydrogen-bond acceptors (Lipinski definition) is 5. The lowest BCUT2D eigenvalue weighted by molar-refractivity contribution is 0.436. The predicted octanol–water partition coefficient (Wildman–Crippen LogP) is 2.33. The largest absolute Gasteiger partial charge is 0.510 e. The zero-order chi connectivity index (χ0) is 18.4. The van der Waals surface area contributed by atoms with Gasteiger partial charge in [-0.15, -0.1) is 0 Å². The zero-order valence-corrected chi connectivity index (χ0v) is 14.4. The van der Waals surface area contributed by atoms with Gasteiger partial charge in [0.05, 0.1) is 5.75 Å². The van der Waals surface area contributed by atoms with Gasteiger partial charge in [0, 0.05) is 10.7 Å². The Morgan fingerprint density at radius 3 is 1.83 bits per heavy atom. The summed E-state index contributed by atoms with van der Waals surface area (Å²) >= 11 is 0. The summed E-state index contributed by atoms with van der Waals surface area (Å²) in [6.07, 6.45) is 0. The molecule has 23 heavy (non-hydrogen) atoms. The molecule has 0 aliphatic heterocycles. The summed E-state index contributed by atoms with van der Waals surface area (Å²) in [5, 5.41) is 0. The molecule has 0 unspecified atom stereocenters. The topological polar surface area (TPSA) is 77.5 Å². The second-order valence-electron chi connectivity index (χ2n) is 4.83. The maximum Gasteiger partial charge on any atom is 0.510 e. The molecule has 1 aromatic rings. The van der Waals surface area contributed by atoms with E-state index in [2.05, 4.69) is 4.18 Å². The van der Waals surface area contributed by atoms with E-state index in [-0.39, 0.29) is 5.56 Å². The quantitative estimate of drug-likeness (QED) is 0.433. The molecule has 0 aliphatic carbocycles. The van der Waals surface area contributed by atoms with E-state index in [0.717, 1.165) is 20.8 Å². The molecular formula is C10H11BClF4O5S2-. The molecule has 0 radical (unpaired) electrons. The SMILES string of the molecule is Cc1c(CS(=O)(=O)Cl)c(C)c([B-](F)(F)F)c(C)c1OS(=O)(=O)F. The Labute approximate surface area is 135 Å². The van der Waals surface area contributed by atoms with Crippen LogP contribution in [0, 0.1) is 20.8 Å². The number of benzene rings is 1. The molecule has 0 fully saturated rings. The Morgan fingerprint density at radius 2 is 1.48 bits per heavy atom. The molecule has 0 aromatic heterocycles. The average molecular weight is 398 g/mol. The first-order valence-corrected chi connectivity index (χ1v) is 9.72. The Kier molecular flexibility index (Phi) is 5.34. The van der Waals surface area contributed by atoms with Crippen molar-refractivity contribution < 1.29 is 37.9 Å². The van der Waals surface area contributed by atoms with Gasteiger partial charge in [0.25, 0.3) is 0 Å². The van der Waals surface area contributed by atoms with Crippen LogP contribution in [0.3, 0.4) is 0 Å². The van der Waals surface area contributed by atoms with Crippen molar-refractivity contribution in [2.45, 2.75) is 26.5 Å². The predicted molar refractivity (Wildman–Crippen MR) is 78.5 cm³/mol. The number of halogens is 5. The van der Waals surface area contributed by atoms with Crippen molar-refractivity contribution in [3.63, 3.8) is 0 Å². The lowest BCUT2D eigenvalue weighted by Crippen LogP contribution is -2.40. The Balaban J connectivity index is 3.88. The molecule has 0 saturated carbocycles. The molecule has 0 saturated heterocycles. The van der Waals surface area contributed by atoms with Crippen molar-refractivity contribution in [2.24, 2.45) is 0 Å². The highest BCUT2D eigenvalue weighted by Crippen LogP contribution is 2.33. The minimum atomic E-state index is -5.64. The van der Waals surface area contributed by atoms with E-state index >= 15 is 0 Å². The van der Waals surface area contributed by atoms with Gasteiger partial charge in [-0.25, -0.2) is 8.42 Å². The highest BCUT2D eigenvalue weighted by molar-refractivity contribution is 8.13. The lowest BCUT2D eigenvalue weighted by atomic mass is 9.72. The molecule has 0 bridgehead atoms. The van der Waals surface area contributed by atoms with Crippen molar-refractivity contribution in [3.05, 3.63) is 22.3 Å². The summed E-state index contributed by atoms with van der Waals surface area (Å²) in [7, 11) is -4.78. The molecular weight excluding hydrogens is 386 g/mol.